The van der Waals surface area contributed by atoms with Crippen LogP contribution in [0.4, 0.5) is 13.6 Å². The molecule has 0 saturated carbocycles. The summed E-state index contributed by atoms with van der Waals surface area (Å²) in [5.74, 6) is -3.73. The van der Waals surface area contributed by atoms with E-state index in [4.69, 9.17) is 15.3 Å². The van der Waals surface area contributed by atoms with Crippen LogP contribution >= 0.6 is 0 Å². The van der Waals surface area contributed by atoms with Crippen LogP contribution in [0.25, 0.3) is 0 Å². The minimum Gasteiger partial charge on any atom is -0.394 e. The van der Waals surface area contributed by atoms with Gasteiger partial charge in [0.15, 0.2) is 12.1 Å². The zero-order chi connectivity index (χ0) is 28.5. The average Bonchev–Trinajstić information content (AvgIpc) is 3.14. The van der Waals surface area contributed by atoms with Gasteiger partial charge in [0.05, 0.1) is 6.61 Å². The van der Waals surface area contributed by atoms with Crippen molar-refractivity contribution in [3.63, 3.8) is 0 Å². The van der Waals surface area contributed by atoms with Crippen LogP contribution in [0, 0.1) is 5.41 Å². The van der Waals surface area contributed by atoms with Gasteiger partial charge in [0.1, 0.15) is 12.3 Å². The third kappa shape index (κ3) is 11.3. The summed E-state index contributed by atoms with van der Waals surface area (Å²) in [5, 5.41) is 34.9. The first-order valence-corrected chi connectivity index (χ1v) is 14.3. The molecule has 0 aromatic heterocycles. The monoisotopic (exact) mass is 555 g/mol. The lowest BCUT2D eigenvalue weighted by molar-refractivity contribution is -0.145. The summed E-state index contributed by atoms with van der Waals surface area (Å²) < 4.78 is 33.6. The van der Waals surface area contributed by atoms with Crippen LogP contribution in [0.5, 0.6) is 0 Å². The molecule has 9 nitrogen and oxygen atoms in total. The van der Waals surface area contributed by atoms with Gasteiger partial charge in [-0.05, 0) is 44.6 Å². The Labute approximate surface area is 231 Å². The zero-order valence-corrected chi connectivity index (χ0v) is 23.1. The van der Waals surface area contributed by atoms with Gasteiger partial charge in [-0.1, -0.05) is 69.8 Å². The van der Waals surface area contributed by atoms with Crippen LogP contribution in [0.3, 0.4) is 0 Å². The van der Waals surface area contributed by atoms with Gasteiger partial charge in [0.25, 0.3) is 0 Å². The number of hydrogen-bond acceptors (Lipinski definition) is 5. The maximum atomic E-state index is 14.3. The average molecular weight is 556 g/mol. The molecule has 4 atom stereocenters. The number of hydrogen-bond donors (Lipinski definition) is 6. The highest BCUT2D eigenvalue weighted by molar-refractivity contribution is 5.80. The van der Waals surface area contributed by atoms with E-state index in [1.165, 1.54) is 51.0 Å². The van der Waals surface area contributed by atoms with Gasteiger partial charge in [-0.15, -0.1) is 0 Å². The third-order valence-corrected chi connectivity index (χ3v) is 6.74. The molecule has 39 heavy (non-hydrogen) atoms. The second-order valence-corrected chi connectivity index (χ2v) is 10.0. The van der Waals surface area contributed by atoms with Gasteiger partial charge in [-0.3, -0.25) is 10.3 Å². The highest BCUT2D eigenvalue weighted by Gasteiger charge is 2.61. The molecule has 2 heterocycles. The Hall–Kier alpha value is -2.50. The maximum Gasteiger partial charge on any atom is 0.325 e. The Morgan fingerprint density at radius 3 is 2.36 bits per heavy atom. The van der Waals surface area contributed by atoms with E-state index in [-0.39, 0.29) is 5.96 Å². The Bertz CT molecular complexity index is 824. The van der Waals surface area contributed by atoms with E-state index in [1.807, 2.05) is 0 Å². The van der Waals surface area contributed by atoms with Crippen molar-refractivity contribution in [2.24, 2.45) is 0 Å². The van der Waals surface area contributed by atoms with E-state index in [1.54, 1.807) is 0 Å². The molecule has 2 unspecified atom stereocenters. The Morgan fingerprint density at radius 1 is 1.10 bits per heavy atom. The fourth-order valence-electron chi connectivity index (χ4n) is 4.42. The van der Waals surface area contributed by atoms with Crippen LogP contribution in [0.2, 0.25) is 0 Å². The number of nitrogens with one attached hydrogen (secondary N) is 4. The number of alkyl halides is 2. The summed E-state index contributed by atoms with van der Waals surface area (Å²) in [6.07, 6.45) is 19.0. The van der Waals surface area contributed by atoms with E-state index >= 15 is 0 Å². The van der Waals surface area contributed by atoms with E-state index in [9.17, 15) is 18.7 Å². The quantitative estimate of drug-likeness (QED) is 0.0640. The molecule has 0 spiro atoms. The molecule has 2 rings (SSSR count). The van der Waals surface area contributed by atoms with Crippen molar-refractivity contribution in [2.45, 2.75) is 114 Å². The SMILES string of the molecule is CCCCC/C=C\C/C=C\CCCCCCCCNC(=N)NC1C=CN([C@@H]2O[C@H](CO)C(O)C2(F)F)C(=O)N1. The molecule has 0 bridgehead atoms. The van der Waals surface area contributed by atoms with Crippen LogP contribution in [0.1, 0.15) is 84.0 Å². The number of amides is 2. The first kappa shape index (κ1) is 32.7. The molecule has 222 valence electrons. The fourth-order valence-corrected chi connectivity index (χ4v) is 4.42. The van der Waals surface area contributed by atoms with Crippen molar-refractivity contribution in [2.75, 3.05) is 13.2 Å². The van der Waals surface area contributed by atoms with E-state index in [0.717, 1.165) is 38.3 Å². The summed E-state index contributed by atoms with van der Waals surface area (Å²) in [7, 11) is 0. The van der Waals surface area contributed by atoms with Gasteiger partial charge in [0.2, 0.25) is 6.23 Å². The van der Waals surface area contributed by atoms with E-state index in [0.29, 0.717) is 11.4 Å². The number of unbranched alkanes of at least 4 members (excludes halogenated alkanes) is 9. The van der Waals surface area contributed by atoms with Gasteiger partial charge in [0, 0.05) is 12.7 Å². The van der Waals surface area contributed by atoms with Crippen LogP contribution in [-0.4, -0.2) is 70.8 Å². The number of guanidine groups is 1. The van der Waals surface area contributed by atoms with Gasteiger partial charge >= 0.3 is 12.0 Å². The van der Waals surface area contributed by atoms with Crippen molar-refractivity contribution < 1.29 is 28.5 Å². The summed E-state index contributed by atoms with van der Waals surface area (Å²) in [6.45, 7) is 2.04. The number of ether oxygens (including phenoxy) is 1. The normalized spacial score (nSPS) is 24.5. The topological polar surface area (TPSA) is 130 Å². The fraction of sp³-hybridized carbons (Fsp3) is 0.714. The van der Waals surface area contributed by atoms with Crippen LogP contribution in [0.15, 0.2) is 36.6 Å². The molecule has 0 radical (unpaired) electrons. The number of carbonyl (C=O) groups excluding carboxylic acids is 1. The minimum absolute atomic E-state index is 0.0132. The molecule has 2 aliphatic rings. The van der Waals surface area contributed by atoms with E-state index < -0.39 is 43.2 Å². The molecule has 0 aliphatic carbocycles. The number of aliphatic hydroxyl groups excluding tert-OH is 2. The summed E-state index contributed by atoms with van der Waals surface area (Å²) in [4.78, 5) is 13.0. The standard InChI is InChI=1S/C28H47F2N5O4/c1-2-3-4-5-6-7-8-9-10-11-12-13-14-15-16-17-19-32-26(31)33-23-18-20-35(27(38)34-23)25-28(29,30)24(37)22(21-36)39-25/h6-7,9-10,18,20,22-25,36-37H,2-5,8,11-17,19,21H2,1H3,(H,34,38)(H3,31,32,33)/b7-6-,10-9-/t22-,23?,24?,25-/m1/s1. The lowest BCUT2D eigenvalue weighted by atomic mass is 10.1. The van der Waals surface area contributed by atoms with Crippen molar-refractivity contribution >= 4 is 12.0 Å². The molecule has 0 aromatic carbocycles. The second kappa shape index (κ2) is 18.0. The van der Waals surface area contributed by atoms with Crippen LogP contribution in [-0.2, 0) is 4.74 Å². The third-order valence-electron chi connectivity index (χ3n) is 6.74. The molecular formula is C28H47F2N5O4. The lowest BCUT2D eigenvalue weighted by Crippen LogP contribution is -2.59. The van der Waals surface area contributed by atoms with Crippen molar-refractivity contribution in [1.29, 1.82) is 5.41 Å². The number of aliphatic hydroxyl groups is 2. The summed E-state index contributed by atoms with van der Waals surface area (Å²) in [6, 6.07) is -0.872. The molecule has 0 aromatic rings. The smallest absolute Gasteiger partial charge is 0.325 e. The molecule has 2 amide bonds. The summed E-state index contributed by atoms with van der Waals surface area (Å²) >= 11 is 0. The number of allylic oxidation sites excluding steroid dienone is 4. The molecule has 2 aliphatic heterocycles. The number of nitrogens with zero attached hydrogens (tertiary/aromatic N) is 1. The van der Waals surface area contributed by atoms with Crippen molar-refractivity contribution in [3.8, 4) is 0 Å². The number of rotatable bonds is 18. The van der Waals surface area contributed by atoms with Crippen molar-refractivity contribution in [3.05, 3.63) is 36.6 Å². The zero-order valence-electron chi connectivity index (χ0n) is 23.1. The highest BCUT2D eigenvalue weighted by atomic mass is 19.3. The predicted molar refractivity (Wildman–Crippen MR) is 148 cm³/mol. The number of halogens is 2. The largest absolute Gasteiger partial charge is 0.394 e. The van der Waals surface area contributed by atoms with Gasteiger partial charge in [-0.25, -0.2) is 4.79 Å². The van der Waals surface area contributed by atoms with Gasteiger partial charge < -0.3 is 30.9 Å². The minimum atomic E-state index is -3.74. The Morgan fingerprint density at radius 2 is 1.74 bits per heavy atom. The van der Waals surface area contributed by atoms with E-state index in [2.05, 4.69) is 47.2 Å². The maximum absolute atomic E-state index is 14.3. The Kier molecular flexibility index (Phi) is 15.1. The summed E-state index contributed by atoms with van der Waals surface area (Å²) in [5.41, 5.74) is 0. The molecule has 1 fully saturated rings. The first-order valence-electron chi connectivity index (χ1n) is 14.3. The highest BCUT2D eigenvalue weighted by Crippen LogP contribution is 2.38. The van der Waals surface area contributed by atoms with Gasteiger partial charge in [-0.2, -0.15) is 8.78 Å². The number of urea groups is 1. The molecule has 1 saturated heterocycles. The molecule has 6 N–H and O–H groups in total. The van der Waals surface area contributed by atoms with Crippen molar-refractivity contribution in [1.82, 2.24) is 20.9 Å². The first-order chi connectivity index (χ1) is 18.8. The molecular weight excluding hydrogens is 508 g/mol. The predicted octanol–water partition coefficient (Wildman–Crippen LogP) is 4.49. The lowest BCUT2D eigenvalue weighted by Gasteiger charge is -2.34. The second-order valence-electron chi connectivity index (χ2n) is 10.0. The Balaban J connectivity index is 1.50. The molecule has 11 heteroatoms. The number of carbonyl (C=O) groups is 1. The van der Waals surface area contributed by atoms with Crippen LogP contribution < -0.4 is 16.0 Å².